The Bertz CT molecular complexity index is 1890. The first kappa shape index (κ1) is 31.4. The van der Waals surface area contributed by atoms with Gasteiger partial charge < -0.3 is 4.90 Å². The lowest BCUT2D eigenvalue weighted by Crippen LogP contribution is -2.25. The van der Waals surface area contributed by atoms with Crippen LogP contribution in [0.5, 0.6) is 0 Å². The van der Waals surface area contributed by atoms with Crippen LogP contribution < -0.4 is 4.90 Å². The van der Waals surface area contributed by atoms with Gasteiger partial charge in [-0.15, -0.1) is 0 Å². The van der Waals surface area contributed by atoms with E-state index in [0.29, 0.717) is 0 Å². The van der Waals surface area contributed by atoms with Gasteiger partial charge in [0.2, 0.25) is 0 Å². The third-order valence-corrected chi connectivity index (χ3v) is 9.89. The third kappa shape index (κ3) is 5.64. The molecule has 232 valence electrons. The molecule has 1 aliphatic carbocycles. The van der Waals surface area contributed by atoms with Gasteiger partial charge in [0.1, 0.15) is 0 Å². The smallest absolute Gasteiger partial charge is 0.0543 e. The molecule has 1 aliphatic rings. The molecule has 0 unspecified atom stereocenters. The van der Waals surface area contributed by atoms with Gasteiger partial charge in [0, 0.05) is 22.2 Å². The predicted molar refractivity (Wildman–Crippen MR) is 202 cm³/mol. The first-order valence-electron chi connectivity index (χ1n) is 17.0. The molecule has 0 saturated heterocycles. The topological polar surface area (TPSA) is 3.24 Å². The molecular formula is C45H47N. The standard InChI is InChI=1S/C45H47N/c1-7-26-45(27-8-2)41-30-35(29-34(6)33(5)28-32(4)9-3)24-25-40(41)44-39-23-17-16-22-38(39)43(31-42(44)45)46(36-18-12-10-13-19-36)37-20-14-11-15-21-37/h9-25,28-31H,7-8,26-27H2,1-6H3/b32-9+,33-28-,34-29-. The summed E-state index contributed by atoms with van der Waals surface area (Å²) in [6.07, 6.45) is 11.3. The zero-order valence-electron chi connectivity index (χ0n) is 28.4. The third-order valence-electron chi connectivity index (χ3n) is 9.89. The van der Waals surface area contributed by atoms with Crippen LogP contribution in [0.25, 0.3) is 28.0 Å². The fourth-order valence-corrected chi connectivity index (χ4v) is 7.62. The summed E-state index contributed by atoms with van der Waals surface area (Å²) >= 11 is 0. The highest BCUT2D eigenvalue weighted by Crippen LogP contribution is 2.58. The van der Waals surface area contributed by atoms with Gasteiger partial charge in [0.25, 0.3) is 0 Å². The van der Waals surface area contributed by atoms with Crippen molar-refractivity contribution in [2.45, 2.75) is 72.6 Å². The fourth-order valence-electron chi connectivity index (χ4n) is 7.62. The van der Waals surface area contributed by atoms with E-state index in [0.717, 1.165) is 25.7 Å². The summed E-state index contributed by atoms with van der Waals surface area (Å²) in [5, 5.41) is 2.62. The van der Waals surface area contributed by atoms with Crippen molar-refractivity contribution in [3.05, 3.63) is 155 Å². The molecule has 0 fully saturated rings. The van der Waals surface area contributed by atoms with E-state index < -0.39 is 0 Å². The largest absolute Gasteiger partial charge is 0.310 e. The maximum Gasteiger partial charge on any atom is 0.0543 e. The van der Waals surface area contributed by atoms with Crippen molar-refractivity contribution in [1.82, 2.24) is 0 Å². The lowest BCUT2D eigenvalue weighted by molar-refractivity contribution is 0.436. The Morgan fingerprint density at radius 1 is 0.652 bits per heavy atom. The molecule has 46 heavy (non-hydrogen) atoms. The number of hydrogen-bond donors (Lipinski definition) is 0. The van der Waals surface area contributed by atoms with Crippen LogP contribution in [0.15, 0.2) is 138 Å². The maximum atomic E-state index is 2.55. The number of rotatable bonds is 10. The highest BCUT2D eigenvalue weighted by Gasteiger charge is 2.43. The molecule has 0 saturated carbocycles. The van der Waals surface area contributed by atoms with E-state index in [1.165, 1.54) is 72.4 Å². The molecule has 5 aromatic carbocycles. The van der Waals surface area contributed by atoms with Crippen molar-refractivity contribution in [2.75, 3.05) is 4.90 Å². The number of fused-ring (bicyclic) bond motifs is 5. The van der Waals surface area contributed by atoms with Gasteiger partial charge in [-0.3, -0.25) is 0 Å². The number of nitrogens with zero attached hydrogens (tertiary/aromatic N) is 1. The predicted octanol–water partition coefficient (Wildman–Crippen LogP) is 13.5. The number of anilines is 3. The van der Waals surface area contributed by atoms with Crippen molar-refractivity contribution in [3.63, 3.8) is 0 Å². The van der Waals surface area contributed by atoms with Crippen LogP contribution in [0, 0.1) is 0 Å². The Kier molecular flexibility index (Phi) is 9.13. The van der Waals surface area contributed by atoms with Gasteiger partial charge >= 0.3 is 0 Å². The van der Waals surface area contributed by atoms with Crippen molar-refractivity contribution in [3.8, 4) is 11.1 Å². The van der Waals surface area contributed by atoms with E-state index in [2.05, 4.69) is 174 Å². The van der Waals surface area contributed by atoms with Gasteiger partial charge in [-0.2, -0.15) is 0 Å². The van der Waals surface area contributed by atoms with Gasteiger partial charge in [-0.1, -0.05) is 129 Å². The minimum Gasteiger partial charge on any atom is -0.310 e. The summed E-state index contributed by atoms with van der Waals surface area (Å²) in [6.45, 7) is 13.4. The lowest BCUT2D eigenvalue weighted by Gasteiger charge is -2.34. The normalized spacial score (nSPS) is 14.3. The van der Waals surface area contributed by atoms with Gasteiger partial charge in [0.15, 0.2) is 0 Å². The Hall–Kier alpha value is -4.62. The molecule has 5 aromatic rings. The van der Waals surface area contributed by atoms with Crippen molar-refractivity contribution < 1.29 is 0 Å². The average molecular weight is 602 g/mol. The molecule has 0 aliphatic heterocycles. The summed E-state index contributed by atoms with van der Waals surface area (Å²) in [7, 11) is 0. The van der Waals surface area contributed by atoms with Crippen LogP contribution in [0.1, 0.15) is 83.9 Å². The molecular weight excluding hydrogens is 555 g/mol. The van der Waals surface area contributed by atoms with E-state index >= 15 is 0 Å². The molecule has 0 N–H and O–H groups in total. The summed E-state index contributed by atoms with van der Waals surface area (Å²) in [4.78, 5) is 2.45. The molecule has 0 heterocycles. The molecule has 0 bridgehead atoms. The Morgan fingerprint density at radius 3 is 1.83 bits per heavy atom. The van der Waals surface area contributed by atoms with Crippen molar-refractivity contribution in [2.24, 2.45) is 0 Å². The minimum atomic E-state index is -0.0455. The highest BCUT2D eigenvalue weighted by atomic mass is 15.1. The molecule has 6 rings (SSSR count). The number of allylic oxidation sites excluding steroid dienone is 5. The summed E-state index contributed by atoms with van der Waals surface area (Å²) in [5.74, 6) is 0. The quantitative estimate of drug-likeness (QED) is 0.144. The second-order valence-electron chi connectivity index (χ2n) is 12.9. The zero-order valence-corrected chi connectivity index (χ0v) is 28.4. The molecule has 1 nitrogen and oxygen atoms in total. The molecule has 0 radical (unpaired) electrons. The average Bonchev–Trinajstić information content (AvgIpc) is 3.34. The second-order valence-corrected chi connectivity index (χ2v) is 12.9. The fraction of sp³-hybridized carbons (Fsp3) is 0.244. The molecule has 0 spiro atoms. The van der Waals surface area contributed by atoms with Gasteiger partial charge in [-0.25, -0.2) is 0 Å². The first-order chi connectivity index (χ1) is 22.4. The Morgan fingerprint density at radius 2 is 1.24 bits per heavy atom. The second kappa shape index (κ2) is 13.4. The van der Waals surface area contributed by atoms with Crippen LogP contribution in [0.4, 0.5) is 17.1 Å². The van der Waals surface area contributed by atoms with Crippen LogP contribution >= 0.6 is 0 Å². The first-order valence-corrected chi connectivity index (χ1v) is 17.0. The summed E-state index contributed by atoms with van der Waals surface area (Å²) < 4.78 is 0. The minimum absolute atomic E-state index is 0.0455. The molecule has 1 heteroatoms. The van der Waals surface area contributed by atoms with Gasteiger partial charge in [0.05, 0.1) is 5.69 Å². The van der Waals surface area contributed by atoms with E-state index in [1.807, 2.05) is 0 Å². The van der Waals surface area contributed by atoms with Crippen molar-refractivity contribution in [1.29, 1.82) is 0 Å². The zero-order chi connectivity index (χ0) is 32.3. The molecule has 0 amide bonds. The highest BCUT2D eigenvalue weighted by molar-refractivity contribution is 6.10. The Balaban J connectivity index is 1.63. The Labute approximate surface area is 276 Å². The number of benzene rings is 5. The monoisotopic (exact) mass is 601 g/mol. The summed E-state index contributed by atoms with van der Waals surface area (Å²) in [5.41, 5.74) is 14.5. The van der Waals surface area contributed by atoms with E-state index in [1.54, 1.807) is 0 Å². The van der Waals surface area contributed by atoms with Crippen LogP contribution in [-0.2, 0) is 5.41 Å². The van der Waals surface area contributed by atoms with E-state index in [9.17, 15) is 0 Å². The number of hydrogen-bond acceptors (Lipinski definition) is 1. The van der Waals surface area contributed by atoms with Gasteiger partial charge in [-0.05, 0) is 115 Å². The molecule has 0 aromatic heterocycles. The van der Waals surface area contributed by atoms with Crippen molar-refractivity contribution >= 4 is 33.9 Å². The van der Waals surface area contributed by atoms with Crippen LogP contribution in [0.2, 0.25) is 0 Å². The van der Waals surface area contributed by atoms with Crippen LogP contribution in [0.3, 0.4) is 0 Å². The maximum absolute atomic E-state index is 2.55. The van der Waals surface area contributed by atoms with E-state index in [-0.39, 0.29) is 5.41 Å². The lowest BCUT2D eigenvalue weighted by atomic mass is 9.71. The van der Waals surface area contributed by atoms with E-state index in [4.69, 9.17) is 0 Å². The summed E-state index contributed by atoms with van der Waals surface area (Å²) in [6, 6.07) is 40.5. The molecule has 0 atom stereocenters. The number of para-hydroxylation sites is 2. The SMILES string of the molecule is C/C=C(C)/C=C(C)\C(C)=C/c1ccc2c(c1)C(CCC)(CCC)c1cc(N(c3ccccc3)c3ccccc3)c3ccccc3c1-2. The van der Waals surface area contributed by atoms with Crippen LogP contribution in [-0.4, -0.2) is 0 Å².